The van der Waals surface area contributed by atoms with Crippen LogP contribution in [0.2, 0.25) is 0 Å². The molecular formula is C8H16ClNO. The minimum atomic E-state index is -0.117. The molecule has 1 unspecified atom stereocenters. The van der Waals surface area contributed by atoms with Gasteiger partial charge in [0, 0.05) is 7.11 Å². The predicted octanol–water partition coefficient (Wildman–Crippen LogP) is 2.10. The van der Waals surface area contributed by atoms with E-state index in [1.165, 1.54) is 0 Å². The number of hydrogen-bond acceptors (Lipinski definition) is 2. The second-order valence-corrected chi connectivity index (χ2v) is 2.89. The summed E-state index contributed by atoms with van der Waals surface area (Å²) in [5, 5.41) is 2.94. The molecule has 0 radical (unpaired) electrons. The molecule has 0 heterocycles. The van der Waals surface area contributed by atoms with Gasteiger partial charge in [-0.1, -0.05) is 19.9 Å². The van der Waals surface area contributed by atoms with Gasteiger partial charge in [-0.25, -0.2) is 0 Å². The molecule has 11 heavy (non-hydrogen) atoms. The van der Waals surface area contributed by atoms with E-state index in [1.807, 2.05) is 0 Å². The zero-order valence-electron chi connectivity index (χ0n) is 7.14. The van der Waals surface area contributed by atoms with Crippen molar-refractivity contribution in [3.05, 3.63) is 12.8 Å². The highest BCUT2D eigenvalue weighted by Crippen LogP contribution is 2.10. The zero-order valence-corrected chi connectivity index (χ0v) is 7.90. The molecule has 1 N–H and O–H groups in total. The Morgan fingerprint density at radius 1 is 1.73 bits per heavy atom. The molecule has 0 aromatic heterocycles. The molecule has 0 aliphatic rings. The molecule has 0 aliphatic heterocycles. The summed E-state index contributed by atoms with van der Waals surface area (Å²) in [7, 11) is 1.63. The van der Waals surface area contributed by atoms with Crippen molar-refractivity contribution in [3.8, 4) is 0 Å². The van der Waals surface area contributed by atoms with Crippen LogP contribution in [-0.4, -0.2) is 18.7 Å². The minimum absolute atomic E-state index is 0.0167. The Balaban J connectivity index is 3.70. The normalized spacial score (nSPS) is 15.5. The van der Waals surface area contributed by atoms with Gasteiger partial charge < -0.3 is 10.1 Å². The molecule has 0 amide bonds. The zero-order chi connectivity index (χ0) is 8.69. The van der Waals surface area contributed by atoms with Gasteiger partial charge in [-0.3, -0.25) is 0 Å². The quantitative estimate of drug-likeness (QED) is 0.496. The minimum Gasteiger partial charge on any atom is -0.366 e. The second-order valence-electron chi connectivity index (χ2n) is 2.33. The van der Waals surface area contributed by atoms with E-state index in [0.717, 1.165) is 12.8 Å². The lowest BCUT2D eigenvalue weighted by Crippen LogP contribution is -2.35. The molecule has 66 valence electrons. The van der Waals surface area contributed by atoms with Crippen LogP contribution >= 0.6 is 11.6 Å². The summed E-state index contributed by atoms with van der Waals surface area (Å²) in [6.45, 7) is 5.63. The highest BCUT2D eigenvalue weighted by Gasteiger charge is 2.15. The first-order valence-corrected chi connectivity index (χ1v) is 4.23. The fourth-order valence-electron chi connectivity index (χ4n) is 0.863. The van der Waals surface area contributed by atoms with Gasteiger partial charge in [-0.05, 0) is 12.6 Å². The standard InChI is InChI=1S/C8H16ClNO/c1-4-6-7(9)8(11-3)10-5-2/h5,7-8,10H,2,4,6H2,1,3H3/t7-,8?/m1/s1. The van der Waals surface area contributed by atoms with Crippen LogP contribution in [0.5, 0.6) is 0 Å². The number of halogens is 1. The number of alkyl halides is 1. The van der Waals surface area contributed by atoms with Gasteiger partial charge in [-0.2, -0.15) is 0 Å². The molecule has 2 atom stereocenters. The number of hydrogen-bond donors (Lipinski definition) is 1. The molecular weight excluding hydrogens is 162 g/mol. The Morgan fingerprint density at radius 3 is 2.73 bits per heavy atom. The smallest absolute Gasteiger partial charge is 0.143 e. The van der Waals surface area contributed by atoms with Crippen molar-refractivity contribution in [3.63, 3.8) is 0 Å². The first kappa shape index (κ1) is 10.8. The molecule has 0 aromatic carbocycles. The van der Waals surface area contributed by atoms with Crippen molar-refractivity contribution < 1.29 is 4.74 Å². The lowest BCUT2D eigenvalue weighted by atomic mass is 10.2. The molecule has 0 fully saturated rings. The SMILES string of the molecule is C=CNC(OC)[C@H](Cl)CCC. The summed E-state index contributed by atoms with van der Waals surface area (Å²) in [6.07, 6.45) is 3.49. The van der Waals surface area contributed by atoms with Crippen LogP contribution in [0.25, 0.3) is 0 Å². The Hall–Kier alpha value is -0.210. The molecule has 0 spiro atoms. The second kappa shape index (κ2) is 6.50. The highest BCUT2D eigenvalue weighted by molar-refractivity contribution is 6.21. The molecule has 3 heteroatoms. The van der Waals surface area contributed by atoms with E-state index in [0.29, 0.717) is 0 Å². The van der Waals surface area contributed by atoms with E-state index in [2.05, 4.69) is 18.8 Å². The number of methoxy groups -OCH3 is 1. The maximum Gasteiger partial charge on any atom is 0.143 e. The summed E-state index contributed by atoms with van der Waals surface area (Å²) in [5.41, 5.74) is 0. The van der Waals surface area contributed by atoms with Crippen molar-refractivity contribution in [2.24, 2.45) is 0 Å². The van der Waals surface area contributed by atoms with Crippen LogP contribution in [0.1, 0.15) is 19.8 Å². The fraction of sp³-hybridized carbons (Fsp3) is 0.750. The van der Waals surface area contributed by atoms with Gasteiger partial charge >= 0.3 is 0 Å². The van der Waals surface area contributed by atoms with Gasteiger partial charge in [0.25, 0.3) is 0 Å². The summed E-state index contributed by atoms with van der Waals surface area (Å²) in [6, 6.07) is 0. The van der Waals surface area contributed by atoms with E-state index in [1.54, 1.807) is 13.3 Å². The summed E-state index contributed by atoms with van der Waals surface area (Å²) < 4.78 is 5.09. The van der Waals surface area contributed by atoms with Gasteiger partial charge in [0.2, 0.25) is 0 Å². The Bertz CT molecular complexity index is 108. The van der Waals surface area contributed by atoms with Gasteiger partial charge in [0.15, 0.2) is 0 Å². The van der Waals surface area contributed by atoms with Crippen molar-refractivity contribution in [1.29, 1.82) is 0 Å². The van der Waals surface area contributed by atoms with Crippen LogP contribution in [0.15, 0.2) is 12.8 Å². The topological polar surface area (TPSA) is 21.3 Å². The van der Waals surface area contributed by atoms with Crippen molar-refractivity contribution >= 4 is 11.6 Å². The monoisotopic (exact) mass is 177 g/mol. The van der Waals surface area contributed by atoms with Gasteiger partial charge in [0.05, 0.1) is 5.38 Å². The van der Waals surface area contributed by atoms with Crippen LogP contribution in [0.4, 0.5) is 0 Å². The average molecular weight is 178 g/mol. The van der Waals surface area contributed by atoms with Gasteiger partial charge in [0.1, 0.15) is 6.23 Å². The Labute approximate surface area is 73.6 Å². The van der Waals surface area contributed by atoms with Crippen molar-refractivity contribution in [2.45, 2.75) is 31.4 Å². The maximum absolute atomic E-state index is 5.99. The van der Waals surface area contributed by atoms with E-state index < -0.39 is 0 Å². The van der Waals surface area contributed by atoms with E-state index in [4.69, 9.17) is 16.3 Å². The van der Waals surface area contributed by atoms with Crippen LogP contribution in [0, 0.1) is 0 Å². The maximum atomic E-state index is 5.99. The third-order valence-corrected chi connectivity index (χ3v) is 1.88. The first-order chi connectivity index (χ1) is 5.26. The molecule has 0 rings (SSSR count). The van der Waals surface area contributed by atoms with E-state index in [9.17, 15) is 0 Å². The lowest BCUT2D eigenvalue weighted by Gasteiger charge is -2.20. The average Bonchev–Trinajstić information content (AvgIpc) is 2.00. The van der Waals surface area contributed by atoms with Crippen molar-refractivity contribution in [1.82, 2.24) is 5.32 Å². The third-order valence-electron chi connectivity index (χ3n) is 1.43. The third kappa shape index (κ3) is 4.27. The Morgan fingerprint density at radius 2 is 2.36 bits per heavy atom. The largest absolute Gasteiger partial charge is 0.366 e. The number of nitrogens with one attached hydrogen (secondary N) is 1. The lowest BCUT2D eigenvalue weighted by molar-refractivity contribution is 0.0800. The summed E-state index contributed by atoms with van der Waals surface area (Å²) in [5.74, 6) is 0. The predicted molar refractivity (Wildman–Crippen MR) is 48.7 cm³/mol. The molecule has 2 nitrogen and oxygen atoms in total. The van der Waals surface area contributed by atoms with Crippen LogP contribution < -0.4 is 5.32 Å². The Kier molecular flexibility index (Phi) is 6.37. The first-order valence-electron chi connectivity index (χ1n) is 3.80. The summed E-state index contributed by atoms with van der Waals surface area (Å²) in [4.78, 5) is 0. The molecule has 0 bridgehead atoms. The van der Waals surface area contributed by atoms with E-state index >= 15 is 0 Å². The van der Waals surface area contributed by atoms with E-state index in [-0.39, 0.29) is 11.6 Å². The van der Waals surface area contributed by atoms with Crippen LogP contribution in [-0.2, 0) is 4.74 Å². The summed E-state index contributed by atoms with van der Waals surface area (Å²) >= 11 is 5.99. The van der Waals surface area contributed by atoms with Crippen LogP contribution in [0.3, 0.4) is 0 Å². The fourth-order valence-corrected chi connectivity index (χ4v) is 1.26. The molecule has 0 aromatic rings. The molecule has 0 aliphatic carbocycles. The molecule has 0 saturated heterocycles. The number of rotatable bonds is 6. The van der Waals surface area contributed by atoms with Gasteiger partial charge in [-0.15, -0.1) is 11.6 Å². The number of ether oxygens (including phenoxy) is 1. The molecule has 0 saturated carbocycles. The highest BCUT2D eigenvalue weighted by atomic mass is 35.5. The van der Waals surface area contributed by atoms with Crippen molar-refractivity contribution in [2.75, 3.05) is 7.11 Å².